The van der Waals surface area contributed by atoms with Crippen molar-refractivity contribution in [3.63, 3.8) is 0 Å². The summed E-state index contributed by atoms with van der Waals surface area (Å²) in [6.45, 7) is 3.23. The molecule has 31 heavy (non-hydrogen) atoms. The largest absolute Gasteiger partial charge is 0.493 e. The molecule has 0 aliphatic carbocycles. The van der Waals surface area contributed by atoms with Crippen LogP contribution in [0.4, 0.5) is 0 Å². The number of carbonyl (C=O) groups excluding carboxylic acids is 3. The number of hydrogen-bond acceptors (Lipinski definition) is 6. The molecule has 0 bridgehead atoms. The number of amides is 2. The topological polar surface area (TPSA) is 117 Å². The molecule has 2 amide bonds. The smallest absolute Gasteiger partial charge is 0.339 e. The van der Waals surface area contributed by atoms with Gasteiger partial charge in [0.1, 0.15) is 0 Å². The molecular weight excluding hydrogens is 400 g/mol. The fraction of sp³-hybridized carbons (Fsp3) is 0.348. The first-order valence-electron chi connectivity index (χ1n) is 10.0. The van der Waals surface area contributed by atoms with Crippen molar-refractivity contribution in [1.82, 2.24) is 5.32 Å². The number of benzene rings is 2. The van der Waals surface area contributed by atoms with E-state index in [9.17, 15) is 14.4 Å². The highest BCUT2D eigenvalue weighted by atomic mass is 16.5. The highest BCUT2D eigenvalue weighted by molar-refractivity contribution is 5.93. The molecule has 2 unspecified atom stereocenters. The van der Waals surface area contributed by atoms with Crippen LogP contribution in [0.2, 0.25) is 0 Å². The first kappa shape index (κ1) is 23.7. The molecule has 2 atom stereocenters. The standard InChI is InChI=1S/C23H28N2O6/c1-4-8-18(16-9-6-5-7-10-16)25-22(27)15(2)31-23(28)17-11-12-19(20(13-17)29-3)30-14-21(24)26/h5-7,9-13,15,18H,4,8,14H2,1-3H3,(H2,24,26)(H,25,27). The van der Waals surface area contributed by atoms with Crippen LogP contribution < -0.4 is 20.5 Å². The van der Waals surface area contributed by atoms with Crippen LogP contribution >= 0.6 is 0 Å². The van der Waals surface area contributed by atoms with Gasteiger partial charge in [0.15, 0.2) is 24.2 Å². The number of primary amides is 1. The molecule has 2 aromatic rings. The monoisotopic (exact) mass is 428 g/mol. The normalized spacial score (nSPS) is 12.4. The zero-order valence-corrected chi connectivity index (χ0v) is 17.9. The van der Waals surface area contributed by atoms with Crippen molar-refractivity contribution < 1.29 is 28.6 Å². The number of hydrogen-bond donors (Lipinski definition) is 2. The summed E-state index contributed by atoms with van der Waals surface area (Å²) in [6.07, 6.45) is 0.658. The van der Waals surface area contributed by atoms with Gasteiger partial charge < -0.3 is 25.3 Å². The number of rotatable bonds is 11. The molecule has 8 heteroatoms. The summed E-state index contributed by atoms with van der Waals surface area (Å²) < 4.78 is 15.8. The van der Waals surface area contributed by atoms with Gasteiger partial charge in [-0.05, 0) is 37.1 Å². The molecule has 0 aromatic heterocycles. The van der Waals surface area contributed by atoms with Gasteiger partial charge in [-0.1, -0.05) is 43.7 Å². The zero-order chi connectivity index (χ0) is 22.8. The van der Waals surface area contributed by atoms with Crippen LogP contribution in [0.5, 0.6) is 11.5 Å². The summed E-state index contributed by atoms with van der Waals surface area (Å²) in [5.74, 6) is -1.21. The van der Waals surface area contributed by atoms with E-state index in [4.69, 9.17) is 19.9 Å². The first-order valence-corrected chi connectivity index (χ1v) is 10.0. The number of nitrogens with two attached hydrogens (primary N) is 1. The predicted octanol–water partition coefficient (Wildman–Crippen LogP) is 2.76. The van der Waals surface area contributed by atoms with Crippen LogP contribution in [0, 0.1) is 0 Å². The van der Waals surface area contributed by atoms with Crippen LogP contribution in [-0.4, -0.2) is 37.6 Å². The second kappa shape index (κ2) is 11.6. The Labute approximate surface area is 181 Å². The van der Waals surface area contributed by atoms with E-state index < -0.39 is 18.0 Å². The number of carbonyl (C=O) groups is 3. The lowest BCUT2D eigenvalue weighted by atomic mass is 10.0. The van der Waals surface area contributed by atoms with Crippen molar-refractivity contribution in [2.75, 3.05) is 13.7 Å². The minimum absolute atomic E-state index is 0.165. The molecule has 166 valence electrons. The van der Waals surface area contributed by atoms with E-state index in [-0.39, 0.29) is 35.6 Å². The summed E-state index contributed by atoms with van der Waals surface area (Å²) in [5.41, 5.74) is 6.24. The Kier molecular flexibility index (Phi) is 8.87. The van der Waals surface area contributed by atoms with Crippen LogP contribution in [0.25, 0.3) is 0 Å². The molecule has 0 aliphatic heterocycles. The Balaban J connectivity index is 2.03. The molecule has 0 saturated heterocycles. The van der Waals surface area contributed by atoms with E-state index in [1.807, 2.05) is 37.3 Å². The average Bonchev–Trinajstić information content (AvgIpc) is 2.77. The van der Waals surface area contributed by atoms with Crippen molar-refractivity contribution in [3.05, 3.63) is 59.7 Å². The van der Waals surface area contributed by atoms with E-state index in [1.54, 1.807) is 0 Å². The Bertz CT molecular complexity index is 900. The summed E-state index contributed by atoms with van der Waals surface area (Å²) in [6, 6.07) is 13.8. The van der Waals surface area contributed by atoms with E-state index in [0.29, 0.717) is 0 Å². The van der Waals surface area contributed by atoms with Gasteiger partial charge >= 0.3 is 5.97 Å². The maximum Gasteiger partial charge on any atom is 0.339 e. The van der Waals surface area contributed by atoms with Crippen LogP contribution in [-0.2, 0) is 14.3 Å². The molecule has 3 N–H and O–H groups in total. The molecule has 2 rings (SSSR count). The summed E-state index contributed by atoms with van der Waals surface area (Å²) in [4.78, 5) is 36.0. The maximum absolute atomic E-state index is 12.6. The van der Waals surface area contributed by atoms with E-state index in [2.05, 4.69) is 5.32 Å². The molecule has 0 heterocycles. The van der Waals surface area contributed by atoms with Crippen molar-refractivity contribution in [1.29, 1.82) is 0 Å². The molecule has 2 aromatic carbocycles. The van der Waals surface area contributed by atoms with Crippen molar-refractivity contribution in [3.8, 4) is 11.5 Å². The van der Waals surface area contributed by atoms with Crippen LogP contribution in [0.15, 0.2) is 48.5 Å². The van der Waals surface area contributed by atoms with E-state index >= 15 is 0 Å². The minimum Gasteiger partial charge on any atom is -0.493 e. The lowest BCUT2D eigenvalue weighted by Gasteiger charge is -2.21. The molecule has 0 saturated carbocycles. The van der Waals surface area contributed by atoms with Crippen molar-refractivity contribution >= 4 is 17.8 Å². The number of esters is 1. The van der Waals surface area contributed by atoms with Crippen LogP contribution in [0.1, 0.15) is 48.7 Å². The lowest BCUT2D eigenvalue weighted by molar-refractivity contribution is -0.130. The Morgan fingerprint density at radius 3 is 2.39 bits per heavy atom. The molecule has 0 radical (unpaired) electrons. The average molecular weight is 428 g/mol. The third-order valence-electron chi connectivity index (χ3n) is 4.52. The quantitative estimate of drug-likeness (QED) is 0.532. The second-order valence-corrected chi connectivity index (χ2v) is 6.93. The molecule has 0 fully saturated rings. The Morgan fingerprint density at radius 1 is 1.06 bits per heavy atom. The molecular formula is C23H28N2O6. The number of ether oxygens (including phenoxy) is 3. The zero-order valence-electron chi connectivity index (χ0n) is 17.9. The summed E-state index contributed by atoms with van der Waals surface area (Å²) in [7, 11) is 1.40. The minimum atomic E-state index is -0.993. The Morgan fingerprint density at radius 2 is 1.77 bits per heavy atom. The highest BCUT2D eigenvalue weighted by Gasteiger charge is 2.23. The third-order valence-corrected chi connectivity index (χ3v) is 4.52. The second-order valence-electron chi connectivity index (χ2n) is 6.93. The van der Waals surface area contributed by atoms with E-state index in [0.717, 1.165) is 18.4 Å². The lowest BCUT2D eigenvalue weighted by Crippen LogP contribution is -2.38. The van der Waals surface area contributed by atoms with Crippen LogP contribution in [0.3, 0.4) is 0 Å². The SMILES string of the molecule is CCCC(NC(=O)C(C)OC(=O)c1ccc(OCC(N)=O)c(OC)c1)c1ccccc1. The summed E-state index contributed by atoms with van der Waals surface area (Å²) in [5, 5.41) is 2.95. The van der Waals surface area contributed by atoms with Gasteiger partial charge in [-0.15, -0.1) is 0 Å². The van der Waals surface area contributed by atoms with Crippen molar-refractivity contribution in [2.45, 2.75) is 38.8 Å². The number of methoxy groups -OCH3 is 1. The van der Waals surface area contributed by atoms with E-state index in [1.165, 1.54) is 32.2 Å². The number of nitrogens with one attached hydrogen (secondary N) is 1. The highest BCUT2D eigenvalue weighted by Crippen LogP contribution is 2.28. The fourth-order valence-corrected chi connectivity index (χ4v) is 2.93. The van der Waals surface area contributed by atoms with Gasteiger partial charge in [0.25, 0.3) is 11.8 Å². The van der Waals surface area contributed by atoms with Gasteiger partial charge in [0.2, 0.25) is 0 Å². The third kappa shape index (κ3) is 7.02. The van der Waals surface area contributed by atoms with Gasteiger partial charge in [-0.3, -0.25) is 9.59 Å². The molecule has 0 aliphatic rings. The van der Waals surface area contributed by atoms with Gasteiger partial charge in [0, 0.05) is 0 Å². The Hall–Kier alpha value is -3.55. The molecule has 8 nitrogen and oxygen atoms in total. The first-order chi connectivity index (χ1) is 14.8. The molecule has 0 spiro atoms. The van der Waals surface area contributed by atoms with Crippen molar-refractivity contribution in [2.24, 2.45) is 5.73 Å². The fourth-order valence-electron chi connectivity index (χ4n) is 2.93. The maximum atomic E-state index is 12.6. The van der Waals surface area contributed by atoms with Gasteiger partial charge in [0.05, 0.1) is 18.7 Å². The summed E-state index contributed by atoms with van der Waals surface area (Å²) >= 11 is 0. The predicted molar refractivity (Wildman–Crippen MR) is 115 cm³/mol. The van der Waals surface area contributed by atoms with Gasteiger partial charge in [-0.25, -0.2) is 4.79 Å². The van der Waals surface area contributed by atoms with Gasteiger partial charge in [-0.2, -0.15) is 0 Å².